The molecule has 0 aromatic rings. The number of ether oxygens (including phenoxy) is 1. The van der Waals surface area contributed by atoms with Crippen LogP contribution in [0.4, 0.5) is 4.79 Å². The van der Waals surface area contributed by atoms with Crippen LogP contribution < -0.4 is 10.6 Å². The number of rotatable bonds is 4. The molecule has 0 spiro atoms. The fourth-order valence-corrected chi connectivity index (χ4v) is 1.46. The van der Waals surface area contributed by atoms with E-state index in [0.717, 1.165) is 32.8 Å². The van der Waals surface area contributed by atoms with Crippen LogP contribution in [0.15, 0.2) is 0 Å². The number of alkyl halides is 1. The second-order valence-electron chi connectivity index (χ2n) is 3.82. The fraction of sp³-hybridized carbons (Fsp3) is 0.800. The third kappa shape index (κ3) is 5.86. The molecule has 1 saturated heterocycles. The minimum atomic E-state index is -0.708. The van der Waals surface area contributed by atoms with E-state index in [1.807, 2.05) is 0 Å². The van der Waals surface area contributed by atoms with Crippen molar-refractivity contribution in [3.8, 4) is 0 Å². The minimum absolute atomic E-state index is 0.490. The summed E-state index contributed by atoms with van der Waals surface area (Å²) in [5, 5.41) is 4.05. The first-order chi connectivity index (χ1) is 8.09. The van der Waals surface area contributed by atoms with Crippen LogP contribution >= 0.6 is 11.6 Å². The van der Waals surface area contributed by atoms with Crippen LogP contribution in [0.1, 0.15) is 6.92 Å². The minimum Gasteiger partial charge on any atom is -0.379 e. The Morgan fingerprint density at radius 1 is 1.41 bits per heavy atom. The van der Waals surface area contributed by atoms with E-state index in [0.29, 0.717) is 6.54 Å². The Morgan fingerprint density at radius 3 is 2.65 bits per heavy atom. The first-order valence-electron chi connectivity index (χ1n) is 5.62. The Kier molecular flexibility index (Phi) is 6.25. The van der Waals surface area contributed by atoms with Crippen LogP contribution in [0.5, 0.6) is 0 Å². The molecule has 1 fully saturated rings. The van der Waals surface area contributed by atoms with Crippen molar-refractivity contribution in [2.45, 2.75) is 12.3 Å². The zero-order valence-corrected chi connectivity index (χ0v) is 10.6. The Labute approximate surface area is 106 Å². The monoisotopic (exact) mass is 263 g/mol. The molecule has 6 nitrogen and oxygen atoms in total. The topological polar surface area (TPSA) is 70.7 Å². The molecule has 98 valence electrons. The lowest BCUT2D eigenvalue weighted by molar-refractivity contribution is -0.119. The molecule has 0 bridgehead atoms. The van der Waals surface area contributed by atoms with Gasteiger partial charge in [-0.2, -0.15) is 0 Å². The zero-order chi connectivity index (χ0) is 12.7. The number of imide groups is 1. The van der Waals surface area contributed by atoms with Gasteiger partial charge in [0, 0.05) is 26.2 Å². The van der Waals surface area contributed by atoms with Crippen molar-refractivity contribution in [1.29, 1.82) is 0 Å². The smallest absolute Gasteiger partial charge is 0.321 e. The van der Waals surface area contributed by atoms with Crippen molar-refractivity contribution in [2.75, 3.05) is 39.4 Å². The van der Waals surface area contributed by atoms with Gasteiger partial charge in [-0.25, -0.2) is 4.79 Å². The molecule has 1 heterocycles. The lowest BCUT2D eigenvalue weighted by Crippen LogP contribution is -2.46. The molecule has 1 unspecified atom stereocenters. The molecule has 17 heavy (non-hydrogen) atoms. The summed E-state index contributed by atoms with van der Waals surface area (Å²) >= 11 is 5.51. The molecule has 2 N–H and O–H groups in total. The number of hydrogen-bond acceptors (Lipinski definition) is 4. The maximum Gasteiger partial charge on any atom is 0.321 e. The number of urea groups is 1. The largest absolute Gasteiger partial charge is 0.379 e. The van der Waals surface area contributed by atoms with Crippen molar-refractivity contribution in [3.05, 3.63) is 0 Å². The molecule has 0 aliphatic carbocycles. The standard InChI is InChI=1S/C10H18ClN3O3/c1-8(11)9(15)13-10(16)12-2-3-14-4-6-17-7-5-14/h8H,2-7H2,1H3,(H2,12,13,15,16). The molecule has 0 saturated carbocycles. The summed E-state index contributed by atoms with van der Waals surface area (Å²) in [5.74, 6) is -0.490. The number of nitrogens with zero attached hydrogens (tertiary/aromatic N) is 1. The number of halogens is 1. The normalized spacial score (nSPS) is 18.5. The van der Waals surface area contributed by atoms with Gasteiger partial charge in [0.15, 0.2) is 0 Å². The Balaban J connectivity index is 2.09. The predicted octanol–water partition coefficient (Wildman–Crippen LogP) is -0.228. The van der Waals surface area contributed by atoms with Crippen molar-refractivity contribution in [3.63, 3.8) is 0 Å². The summed E-state index contributed by atoms with van der Waals surface area (Å²) in [7, 11) is 0. The van der Waals surface area contributed by atoms with Gasteiger partial charge in [-0.15, -0.1) is 11.6 Å². The van der Waals surface area contributed by atoms with Crippen molar-refractivity contribution in [1.82, 2.24) is 15.5 Å². The Morgan fingerprint density at radius 2 is 2.06 bits per heavy atom. The summed E-state index contributed by atoms with van der Waals surface area (Å²) in [6, 6.07) is -0.504. The highest BCUT2D eigenvalue weighted by Gasteiger charge is 2.13. The van der Waals surface area contributed by atoms with Crippen molar-refractivity contribution in [2.24, 2.45) is 0 Å². The maximum absolute atomic E-state index is 11.3. The average Bonchev–Trinajstić information content (AvgIpc) is 2.30. The number of nitrogens with one attached hydrogen (secondary N) is 2. The Hall–Kier alpha value is -0.850. The molecule has 1 rings (SSSR count). The van der Waals surface area contributed by atoms with E-state index in [2.05, 4.69) is 15.5 Å². The lowest BCUT2D eigenvalue weighted by atomic mass is 10.4. The highest BCUT2D eigenvalue weighted by atomic mass is 35.5. The van der Waals surface area contributed by atoms with Gasteiger partial charge in [0.25, 0.3) is 0 Å². The van der Waals surface area contributed by atoms with E-state index in [1.54, 1.807) is 0 Å². The summed E-state index contributed by atoms with van der Waals surface area (Å²) < 4.78 is 5.21. The highest BCUT2D eigenvalue weighted by Crippen LogP contribution is 1.95. The molecular formula is C10H18ClN3O3. The van der Waals surface area contributed by atoms with Gasteiger partial charge in [-0.1, -0.05) is 0 Å². The summed E-state index contributed by atoms with van der Waals surface area (Å²) in [4.78, 5) is 24.5. The molecule has 1 atom stereocenters. The molecule has 0 radical (unpaired) electrons. The highest BCUT2D eigenvalue weighted by molar-refractivity contribution is 6.31. The average molecular weight is 264 g/mol. The number of carbonyl (C=O) groups is 2. The van der Waals surface area contributed by atoms with Crippen molar-refractivity contribution < 1.29 is 14.3 Å². The van der Waals surface area contributed by atoms with E-state index in [4.69, 9.17) is 16.3 Å². The maximum atomic E-state index is 11.3. The van der Waals surface area contributed by atoms with E-state index >= 15 is 0 Å². The van der Waals surface area contributed by atoms with Crippen LogP contribution in [0.3, 0.4) is 0 Å². The fourth-order valence-electron chi connectivity index (χ4n) is 1.41. The van der Waals surface area contributed by atoms with Crippen LogP contribution in [0.25, 0.3) is 0 Å². The summed E-state index contributed by atoms with van der Waals surface area (Å²) in [6.45, 7) is 5.97. The van der Waals surface area contributed by atoms with E-state index in [-0.39, 0.29) is 0 Å². The summed E-state index contributed by atoms with van der Waals surface area (Å²) in [6.07, 6.45) is 0. The number of amides is 3. The van der Waals surface area contributed by atoms with Gasteiger partial charge < -0.3 is 10.1 Å². The van der Waals surface area contributed by atoms with Gasteiger partial charge in [-0.05, 0) is 6.92 Å². The van der Waals surface area contributed by atoms with E-state index < -0.39 is 17.3 Å². The molecule has 7 heteroatoms. The third-order valence-corrected chi connectivity index (χ3v) is 2.61. The van der Waals surface area contributed by atoms with Crippen LogP contribution in [0, 0.1) is 0 Å². The van der Waals surface area contributed by atoms with Crippen LogP contribution in [-0.2, 0) is 9.53 Å². The van der Waals surface area contributed by atoms with Gasteiger partial charge in [0.05, 0.1) is 13.2 Å². The van der Waals surface area contributed by atoms with Crippen LogP contribution in [0.2, 0.25) is 0 Å². The molecule has 1 aliphatic rings. The van der Waals surface area contributed by atoms with Crippen LogP contribution in [-0.4, -0.2) is 61.6 Å². The number of hydrogen-bond donors (Lipinski definition) is 2. The van der Waals surface area contributed by atoms with E-state index in [9.17, 15) is 9.59 Å². The second kappa shape index (κ2) is 7.47. The van der Waals surface area contributed by atoms with Crippen molar-refractivity contribution >= 4 is 23.5 Å². The first kappa shape index (κ1) is 14.2. The number of morpholine rings is 1. The Bertz CT molecular complexity index is 268. The van der Waals surface area contributed by atoms with Gasteiger partial charge in [0.1, 0.15) is 5.38 Å². The predicted molar refractivity (Wildman–Crippen MR) is 64.1 cm³/mol. The van der Waals surface area contributed by atoms with E-state index in [1.165, 1.54) is 6.92 Å². The molecule has 0 aromatic carbocycles. The lowest BCUT2D eigenvalue weighted by Gasteiger charge is -2.26. The molecule has 1 aliphatic heterocycles. The zero-order valence-electron chi connectivity index (χ0n) is 9.87. The first-order valence-corrected chi connectivity index (χ1v) is 6.06. The second-order valence-corrected chi connectivity index (χ2v) is 4.47. The SMILES string of the molecule is CC(Cl)C(=O)NC(=O)NCCN1CCOCC1. The molecular weight excluding hydrogens is 246 g/mol. The third-order valence-electron chi connectivity index (χ3n) is 2.42. The summed E-state index contributed by atoms with van der Waals surface area (Å²) in [5.41, 5.74) is 0. The van der Waals surface area contributed by atoms with Gasteiger partial charge >= 0.3 is 6.03 Å². The number of carbonyl (C=O) groups excluding carboxylic acids is 2. The van der Waals surface area contributed by atoms with Gasteiger partial charge in [-0.3, -0.25) is 15.0 Å². The van der Waals surface area contributed by atoms with Gasteiger partial charge in [0.2, 0.25) is 5.91 Å². The molecule has 0 aromatic heterocycles. The molecule has 3 amide bonds. The quantitative estimate of drug-likeness (QED) is 0.688.